The average Bonchev–Trinajstić information content (AvgIpc) is 3.21. The van der Waals surface area contributed by atoms with Gasteiger partial charge in [0.15, 0.2) is 0 Å². The summed E-state index contributed by atoms with van der Waals surface area (Å²) in [6.07, 6.45) is 2.57. The van der Waals surface area contributed by atoms with Crippen LogP contribution in [0.15, 0.2) is 79.0 Å². The number of nitrogens with zero attached hydrogens (tertiary/aromatic N) is 2. The molecule has 0 saturated carbocycles. The lowest BCUT2D eigenvalue weighted by atomic mass is 10.0. The predicted octanol–water partition coefficient (Wildman–Crippen LogP) is 4.42. The molecule has 4 aromatic rings. The van der Waals surface area contributed by atoms with E-state index in [1.807, 2.05) is 53.1 Å². The molecule has 0 fully saturated rings. The predicted molar refractivity (Wildman–Crippen MR) is 129 cm³/mol. The van der Waals surface area contributed by atoms with Gasteiger partial charge in [0.05, 0.1) is 22.5 Å². The number of ketones is 1. The van der Waals surface area contributed by atoms with E-state index in [-0.39, 0.29) is 12.5 Å². The van der Waals surface area contributed by atoms with Gasteiger partial charge in [0.2, 0.25) is 5.91 Å². The van der Waals surface area contributed by atoms with Crippen molar-refractivity contribution in [2.24, 2.45) is 0 Å². The number of hydrogen-bond acceptors (Lipinski definition) is 3. The number of aryl methyl sites for hydroxylation is 1. The summed E-state index contributed by atoms with van der Waals surface area (Å²) in [4.78, 5) is 40.3. The van der Waals surface area contributed by atoms with Crippen molar-refractivity contribution in [1.29, 1.82) is 0 Å². The Morgan fingerprint density at radius 2 is 1.70 bits per heavy atom. The van der Waals surface area contributed by atoms with Crippen LogP contribution in [0.25, 0.3) is 10.9 Å². The zero-order chi connectivity index (χ0) is 22.9. The maximum Gasteiger partial charge on any atom is 0.300 e. The van der Waals surface area contributed by atoms with Crippen LogP contribution in [-0.2, 0) is 22.6 Å². The van der Waals surface area contributed by atoms with Gasteiger partial charge in [-0.15, -0.1) is 0 Å². The first-order chi connectivity index (χ1) is 16.1. The lowest BCUT2D eigenvalue weighted by molar-refractivity contribution is -0.119. The number of aromatic nitrogens is 1. The molecular formula is C27H23N3O3. The molecule has 6 nitrogen and oxygen atoms in total. The molecule has 0 saturated heterocycles. The topological polar surface area (TPSA) is 71.4 Å². The van der Waals surface area contributed by atoms with Crippen molar-refractivity contribution in [2.45, 2.75) is 19.9 Å². The zero-order valence-electron chi connectivity index (χ0n) is 18.2. The maximum atomic E-state index is 13.5. The van der Waals surface area contributed by atoms with Gasteiger partial charge in [0.1, 0.15) is 6.54 Å². The summed E-state index contributed by atoms with van der Waals surface area (Å²) in [5.41, 5.74) is 4.57. The Kier molecular flexibility index (Phi) is 5.26. The van der Waals surface area contributed by atoms with E-state index >= 15 is 0 Å². The van der Waals surface area contributed by atoms with E-state index in [4.69, 9.17) is 0 Å². The highest BCUT2D eigenvalue weighted by atomic mass is 16.2. The SMILES string of the molecule is CCc1cccc2c(C(=O)C(=O)N3CC(=O)Nc4ccccc43)cn(Cc3ccccc3)c12. The van der Waals surface area contributed by atoms with E-state index in [0.717, 1.165) is 28.5 Å². The van der Waals surface area contributed by atoms with Crippen LogP contribution in [0.5, 0.6) is 0 Å². The van der Waals surface area contributed by atoms with Crippen molar-refractivity contribution in [3.05, 3.63) is 95.7 Å². The third-order valence-electron chi connectivity index (χ3n) is 6.01. The molecule has 1 aliphatic heterocycles. The van der Waals surface area contributed by atoms with Crippen LogP contribution < -0.4 is 10.2 Å². The number of anilines is 2. The normalized spacial score (nSPS) is 13.0. The molecule has 5 rings (SSSR count). The van der Waals surface area contributed by atoms with Crippen LogP contribution in [0, 0.1) is 0 Å². The van der Waals surface area contributed by atoms with Gasteiger partial charge in [-0.2, -0.15) is 0 Å². The summed E-state index contributed by atoms with van der Waals surface area (Å²) >= 11 is 0. The standard InChI is InChI=1S/C27H23N3O3/c1-2-19-11-8-12-20-21(16-29(25(19)20)15-18-9-4-3-5-10-18)26(32)27(33)30-17-24(31)28-22-13-6-7-14-23(22)30/h3-14,16H,2,15,17H2,1H3,(H,28,31). The molecule has 0 aliphatic carbocycles. The van der Waals surface area contributed by atoms with E-state index < -0.39 is 11.7 Å². The minimum atomic E-state index is -0.710. The van der Waals surface area contributed by atoms with Crippen molar-refractivity contribution in [3.8, 4) is 0 Å². The Morgan fingerprint density at radius 1 is 0.939 bits per heavy atom. The molecule has 2 amide bonds. The molecule has 0 atom stereocenters. The number of fused-ring (bicyclic) bond motifs is 2. The van der Waals surface area contributed by atoms with Gasteiger partial charge in [0.25, 0.3) is 11.7 Å². The first-order valence-corrected chi connectivity index (χ1v) is 11.0. The molecule has 3 aromatic carbocycles. The van der Waals surface area contributed by atoms with Crippen molar-refractivity contribution < 1.29 is 14.4 Å². The van der Waals surface area contributed by atoms with Gasteiger partial charge in [-0.1, -0.05) is 67.6 Å². The Bertz CT molecular complexity index is 1390. The van der Waals surface area contributed by atoms with Crippen LogP contribution in [0.3, 0.4) is 0 Å². The second kappa shape index (κ2) is 8.39. The van der Waals surface area contributed by atoms with Crippen molar-refractivity contribution in [2.75, 3.05) is 16.8 Å². The number of Topliss-reactive ketones (excluding diaryl/α,β-unsaturated/α-hetero) is 1. The summed E-state index contributed by atoms with van der Waals surface area (Å²) in [5.74, 6) is -1.66. The molecule has 1 aliphatic rings. The second-order valence-electron chi connectivity index (χ2n) is 8.11. The van der Waals surface area contributed by atoms with Crippen molar-refractivity contribution in [1.82, 2.24) is 4.57 Å². The molecular weight excluding hydrogens is 414 g/mol. The quantitative estimate of drug-likeness (QED) is 0.371. The molecule has 6 heteroatoms. The van der Waals surface area contributed by atoms with E-state index in [0.29, 0.717) is 23.5 Å². The fourth-order valence-electron chi connectivity index (χ4n) is 4.46. The number of amides is 2. The minimum absolute atomic E-state index is 0.190. The zero-order valence-corrected chi connectivity index (χ0v) is 18.2. The Morgan fingerprint density at radius 3 is 2.48 bits per heavy atom. The minimum Gasteiger partial charge on any atom is -0.342 e. The van der Waals surface area contributed by atoms with Crippen molar-refractivity contribution >= 4 is 39.9 Å². The third kappa shape index (κ3) is 3.69. The van der Waals surface area contributed by atoms with E-state index in [1.54, 1.807) is 30.5 Å². The van der Waals surface area contributed by atoms with Crippen LogP contribution in [0.2, 0.25) is 0 Å². The van der Waals surface area contributed by atoms with Crippen LogP contribution in [0.4, 0.5) is 11.4 Å². The van der Waals surface area contributed by atoms with Gasteiger partial charge in [-0.25, -0.2) is 0 Å². The molecule has 164 valence electrons. The Hall–Kier alpha value is -4.19. The molecule has 1 N–H and O–H groups in total. The number of rotatable bonds is 5. The maximum absolute atomic E-state index is 13.5. The number of carbonyl (C=O) groups is 3. The number of nitrogens with one attached hydrogen (secondary N) is 1. The average molecular weight is 437 g/mol. The lowest BCUT2D eigenvalue weighted by Gasteiger charge is -2.28. The summed E-state index contributed by atoms with van der Waals surface area (Å²) in [5, 5.41) is 3.50. The van der Waals surface area contributed by atoms with Gasteiger partial charge >= 0.3 is 0 Å². The van der Waals surface area contributed by atoms with E-state index in [1.165, 1.54) is 4.90 Å². The van der Waals surface area contributed by atoms with Gasteiger partial charge < -0.3 is 9.88 Å². The summed E-state index contributed by atoms with van der Waals surface area (Å²) < 4.78 is 2.04. The fourth-order valence-corrected chi connectivity index (χ4v) is 4.46. The summed E-state index contributed by atoms with van der Waals surface area (Å²) in [6, 6.07) is 22.9. The number of benzene rings is 3. The van der Waals surface area contributed by atoms with E-state index in [2.05, 4.69) is 12.2 Å². The molecule has 0 spiro atoms. The van der Waals surface area contributed by atoms with Crippen molar-refractivity contribution in [3.63, 3.8) is 0 Å². The van der Waals surface area contributed by atoms with Crippen LogP contribution in [0.1, 0.15) is 28.4 Å². The smallest absolute Gasteiger partial charge is 0.300 e. The molecule has 0 unspecified atom stereocenters. The van der Waals surface area contributed by atoms with E-state index in [9.17, 15) is 14.4 Å². The fraction of sp³-hybridized carbons (Fsp3) is 0.148. The molecule has 2 heterocycles. The van der Waals surface area contributed by atoms with Gasteiger partial charge in [-0.3, -0.25) is 19.3 Å². The first kappa shape index (κ1) is 20.7. The Labute approximate surface area is 191 Å². The van der Waals surface area contributed by atoms with Gasteiger partial charge in [0, 0.05) is 18.1 Å². The molecule has 0 radical (unpaired) electrons. The molecule has 1 aromatic heterocycles. The highest BCUT2D eigenvalue weighted by Gasteiger charge is 2.32. The summed E-state index contributed by atoms with van der Waals surface area (Å²) in [6.45, 7) is 2.47. The van der Waals surface area contributed by atoms with Gasteiger partial charge in [-0.05, 0) is 29.7 Å². The number of hydrogen-bond donors (Lipinski definition) is 1. The monoisotopic (exact) mass is 437 g/mol. The van der Waals surface area contributed by atoms with Crippen LogP contribution in [-0.4, -0.2) is 28.7 Å². The third-order valence-corrected chi connectivity index (χ3v) is 6.01. The highest BCUT2D eigenvalue weighted by molar-refractivity contribution is 6.49. The Balaban J connectivity index is 1.58. The molecule has 33 heavy (non-hydrogen) atoms. The second-order valence-corrected chi connectivity index (χ2v) is 8.11. The lowest BCUT2D eigenvalue weighted by Crippen LogP contribution is -2.45. The number of carbonyl (C=O) groups excluding carboxylic acids is 3. The largest absolute Gasteiger partial charge is 0.342 e. The number of para-hydroxylation sites is 3. The summed E-state index contributed by atoms with van der Waals surface area (Å²) in [7, 11) is 0. The van der Waals surface area contributed by atoms with Crippen LogP contribution >= 0.6 is 0 Å². The molecule has 0 bridgehead atoms. The first-order valence-electron chi connectivity index (χ1n) is 11.0. The highest BCUT2D eigenvalue weighted by Crippen LogP contribution is 2.31.